The molecule has 35 heavy (non-hydrogen) atoms. The highest BCUT2D eigenvalue weighted by molar-refractivity contribution is 7.98. The van der Waals surface area contributed by atoms with Crippen molar-refractivity contribution in [1.82, 2.24) is 14.8 Å². The molecule has 1 aliphatic heterocycles. The van der Waals surface area contributed by atoms with Crippen molar-refractivity contribution in [2.75, 3.05) is 26.6 Å². The van der Waals surface area contributed by atoms with Crippen LogP contribution < -0.4 is 19.5 Å². The topological polar surface area (TPSA) is 87.5 Å². The number of benzene rings is 2. The molecule has 0 fully saturated rings. The molecule has 0 spiro atoms. The van der Waals surface area contributed by atoms with Crippen LogP contribution in [0.5, 0.6) is 17.2 Å². The lowest BCUT2D eigenvalue weighted by Gasteiger charge is -2.33. The van der Waals surface area contributed by atoms with E-state index < -0.39 is 6.04 Å². The van der Waals surface area contributed by atoms with Crippen LogP contribution in [0.1, 0.15) is 36.4 Å². The van der Waals surface area contributed by atoms with Crippen molar-refractivity contribution in [2.24, 2.45) is 0 Å². The van der Waals surface area contributed by atoms with Crippen LogP contribution in [0.4, 0.5) is 10.3 Å². The Labute approximate surface area is 206 Å². The fourth-order valence-electron chi connectivity index (χ4n) is 4.48. The average molecular weight is 497 g/mol. The zero-order chi connectivity index (χ0) is 24.5. The van der Waals surface area contributed by atoms with Crippen LogP contribution >= 0.6 is 11.8 Å². The number of allylic oxidation sites excluding steroid dienone is 2. The second-order valence-electron chi connectivity index (χ2n) is 8.22. The van der Waals surface area contributed by atoms with Crippen LogP contribution in [-0.4, -0.2) is 41.9 Å². The van der Waals surface area contributed by atoms with Gasteiger partial charge in [0, 0.05) is 35.1 Å². The maximum Gasteiger partial charge on any atom is 0.227 e. The molecule has 0 radical (unpaired) electrons. The molecule has 1 aliphatic carbocycles. The molecule has 1 atom stereocenters. The maximum atomic E-state index is 13.2. The van der Waals surface area contributed by atoms with Gasteiger partial charge in [0.05, 0.1) is 21.3 Å². The molecule has 0 unspecified atom stereocenters. The van der Waals surface area contributed by atoms with E-state index in [9.17, 15) is 9.18 Å². The molecule has 8 nitrogen and oxygen atoms in total. The van der Waals surface area contributed by atoms with Crippen molar-refractivity contribution in [2.45, 2.75) is 36.2 Å². The summed E-state index contributed by atoms with van der Waals surface area (Å²) in [5, 5.41) is 8.64. The lowest BCUT2D eigenvalue weighted by Crippen LogP contribution is -2.31. The Morgan fingerprint density at radius 1 is 1.06 bits per heavy atom. The van der Waals surface area contributed by atoms with E-state index in [1.54, 1.807) is 44.2 Å². The number of carbonyl (C=O) groups excluding carboxylic acids is 1. The smallest absolute Gasteiger partial charge is 0.227 e. The first kappa shape index (κ1) is 23.2. The molecule has 10 heteroatoms. The van der Waals surface area contributed by atoms with Gasteiger partial charge in [-0.25, -0.2) is 9.07 Å². The van der Waals surface area contributed by atoms with Gasteiger partial charge in [0.15, 0.2) is 17.3 Å². The van der Waals surface area contributed by atoms with Crippen molar-refractivity contribution in [3.63, 3.8) is 0 Å². The van der Waals surface area contributed by atoms with Gasteiger partial charge in [-0.1, -0.05) is 23.9 Å². The van der Waals surface area contributed by atoms with Gasteiger partial charge in [-0.3, -0.25) is 4.79 Å². The molecule has 3 aromatic rings. The summed E-state index contributed by atoms with van der Waals surface area (Å²) in [5.41, 5.74) is 3.21. The number of carbonyl (C=O) groups is 1. The monoisotopic (exact) mass is 496 g/mol. The summed E-state index contributed by atoms with van der Waals surface area (Å²) in [6.45, 7) is 0. The predicted molar refractivity (Wildman–Crippen MR) is 130 cm³/mol. The molecular formula is C25H25FN4O4S. The minimum atomic E-state index is -0.531. The zero-order valence-electron chi connectivity index (χ0n) is 19.6. The standard InChI is InChI=1S/C25H25FN4O4S/c1-32-19-12-21(34-3)20(33-2)11-16(19)23-22-17(5-4-6-18(22)31)27-24-28-25(29-30(23)24)35-13-14-7-9-15(26)10-8-14/h7-12,23H,4-6,13H2,1-3H3,(H,27,28,29)/t23-/m1/s1. The number of Topliss-reactive ketones (excluding diaryl/α,β-unsaturated/α-hetero) is 1. The summed E-state index contributed by atoms with van der Waals surface area (Å²) in [7, 11) is 4.71. The fraction of sp³-hybridized carbons (Fsp3) is 0.320. The highest BCUT2D eigenvalue weighted by atomic mass is 32.2. The number of thioether (sulfide) groups is 1. The highest BCUT2D eigenvalue weighted by Crippen LogP contribution is 2.46. The number of methoxy groups -OCH3 is 3. The van der Waals surface area contributed by atoms with Crippen LogP contribution in [-0.2, 0) is 10.5 Å². The number of hydrogen-bond donors (Lipinski definition) is 1. The average Bonchev–Trinajstić information content (AvgIpc) is 3.29. The Morgan fingerprint density at radius 2 is 1.77 bits per heavy atom. The molecule has 0 amide bonds. The second-order valence-corrected chi connectivity index (χ2v) is 9.17. The van der Waals surface area contributed by atoms with Gasteiger partial charge in [0.1, 0.15) is 17.6 Å². The Morgan fingerprint density at radius 3 is 2.49 bits per heavy atom. The van der Waals surface area contributed by atoms with Gasteiger partial charge >= 0.3 is 0 Å². The van der Waals surface area contributed by atoms with E-state index in [1.165, 1.54) is 23.9 Å². The number of nitrogens with zero attached hydrogens (tertiary/aromatic N) is 3. The molecule has 2 aliphatic rings. The van der Waals surface area contributed by atoms with Crippen molar-refractivity contribution in [3.8, 4) is 17.2 Å². The fourth-order valence-corrected chi connectivity index (χ4v) is 5.27. The molecule has 1 aromatic heterocycles. The third-order valence-electron chi connectivity index (χ3n) is 6.16. The van der Waals surface area contributed by atoms with Crippen molar-refractivity contribution >= 4 is 23.5 Å². The summed E-state index contributed by atoms with van der Waals surface area (Å²) in [5.74, 6) is 2.55. The summed E-state index contributed by atoms with van der Waals surface area (Å²) in [6, 6.07) is 9.41. The van der Waals surface area contributed by atoms with Crippen molar-refractivity contribution in [1.29, 1.82) is 0 Å². The summed E-state index contributed by atoms with van der Waals surface area (Å²) in [6.07, 6.45) is 2.00. The molecular weight excluding hydrogens is 471 g/mol. The van der Waals surface area contributed by atoms with E-state index in [1.807, 2.05) is 6.07 Å². The van der Waals surface area contributed by atoms with Crippen LogP contribution in [0.2, 0.25) is 0 Å². The molecule has 0 saturated carbocycles. The molecule has 182 valence electrons. The third kappa shape index (κ3) is 4.34. The number of ether oxygens (including phenoxy) is 3. The van der Waals surface area contributed by atoms with E-state index >= 15 is 0 Å². The van der Waals surface area contributed by atoms with Crippen molar-refractivity contribution < 1.29 is 23.4 Å². The molecule has 2 aromatic carbocycles. The van der Waals surface area contributed by atoms with Gasteiger partial charge < -0.3 is 19.5 Å². The first-order valence-electron chi connectivity index (χ1n) is 11.2. The summed E-state index contributed by atoms with van der Waals surface area (Å²) < 4.78 is 31.7. The van der Waals surface area contributed by atoms with E-state index in [0.717, 1.165) is 29.7 Å². The number of halogens is 1. The molecule has 1 N–H and O–H groups in total. The Kier molecular flexibility index (Phi) is 6.38. The highest BCUT2D eigenvalue weighted by Gasteiger charge is 2.38. The number of fused-ring (bicyclic) bond motifs is 1. The minimum absolute atomic E-state index is 0.0715. The third-order valence-corrected chi connectivity index (χ3v) is 7.07. The Balaban J connectivity index is 1.58. The minimum Gasteiger partial charge on any atom is -0.496 e. The maximum absolute atomic E-state index is 13.2. The summed E-state index contributed by atoms with van der Waals surface area (Å²) in [4.78, 5) is 17.8. The Hall–Kier alpha value is -3.53. The number of ketones is 1. The number of anilines is 1. The van der Waals surface area contributed by atoms with Crippen LogP contribution in [0, 0.1) is 5.82 Å². The van der Waals surface area contributed by atoms with E-state index in [4.69, 9.17) is 24.3 Å². The van der Waals surface area contributed by atoms with E-state index in [-0.39, 0.29) is 11.6 Å². The van der Waals surface area contributed by atoms with E-state index in [0.29, 0.717) is 46.1 Å². The largest absolute Gasteiger partial charge is 0.496 e. The predicted octanol–water partition coefficient (Wildman–Crippen LogP) is 4.76. The SMILES string of the molecule is COc1cc(OC)c([C@@H]2C3=C(CCCC3=O)Nc3nc(SCc4ccc(F)cc4)nn32)cc1OC. The van der Waals surface area contributed by atoms with Crippen LogP contribution in [0.3, 0.4) is 0 Å². The first-order valence-corrected chi connectivity index (χ1v) is 12.2. The number of nitrogens with one attached hydrogen (secondary N) is 1. The van der Waals surface area contributed by atoms with E-state index in [2.05, 4.69) is 5.32 Å². The number of hydrogen-bond acceptors (Lipinski definition) is 8. The van der Waals surface area contributed by atoms with Crippen LogP contribution in [0.25, 0.3) is 0 Å². The molecule has 0 saturated heterocycles. The quantitative estimate of drug-likeness (QED) is 0.469. The van der Waals surface area contributed by atoms with Crippen LogP contribution in [0.15, 0.2) is 52.8 Å². The lowest BCUT2D eigenvalue weighted by atomic mass is 9.85. The lowest BCUT2D eigenvalue weighted by molar-refractivity contribution is -0.116. The Bertz CT molecular complexity index is 1310. The molecule has 5 rings (SSSR count). The van der Waals surface area contributed by atoms with Crippen molar-refractivity contribution in [3.05, 3.63) is 64.6 Å². The van der Waals surface area contributed by atoms with Gasteiger partial charge in [-0.05, 0) is 36.6 Å². The molecule has 2 heterocycles. The number of rotatable bonds is 7. The second kappa shape index (κ2) is 9.61. The number of aromatic nitrogens is 3. The van der Waals surface area contributed by atoms with Gasteiger partial charge in [0.25, 0.3) is 0 Å². The molecule has 0 bridgehead atoms. The normalized spacial score (nSPS) is 16.9. The first-order chi connectivity index (χ1) is 17.0. The van der Waals surface area contributed by atoms with Gasteiger partial charge in [0.2, 0.25) is 11.1 Å². The van der Waals surface area contributed by atoms with Gasteiger partial charge in [-0.2, -0.15) is 4.98 Å². The van der Waals surface area contributed by atoms with Gasteiger partial charge in [-0.15, -0.1) is 5.10 Å². The summed E-state index contributed by atoms with van der Waals surface area (Å²) >= 11 is 1.44. The zero-order valence-corrected chi connectivity index (χ0v) is 20.4.